The van der Waals surface area contributed by atoms with Crippen LogP contribution in [0.4, 0.5) is 0 Å². The first-order chi connectivity index (χ1) is 6.90. The first-order valence-corrected chi connectivity index (χ1v) is 6.05. The third kappa shape index (κ3) is 5.50. The summed E-state index contributed by atoms with van der Waals surface area (Å²) in [6.07, 6.45) is 3.54. The third-order valence-corrected chi connectivity index (χ3v) is 3.17. The molecule has 1 rings (SSSR count). The molecular weight excluding hydrogens is 188 g/mol. The number of aliphatic hydroxyl groups is 1. The van der Waals surface area contributed by atoms with Gasteiger partial charge in [0.15, 0.2) is 0 Å². The predicted molar refractivity (Wildman–Crippen MR) is 64.0 cm³/mol. The number of hydrogen-bond donors (Lipinski definition) is 2. The second-order valence-corrected chi connectivity index (χ2v) is 5.51. The summed E-state index contributed by atoms with van der Waals surface area (Å²) in [5, 5.41) is 12.9. The fourth-order valence-electron chi connectivity index (χ4n) is 1.69. The van der Waals surface area contributed by atoms with Crippen LogP contribution < -0.4 is 5.32 Å². The van der Waals surface area contributed by atoms with Gasteiger partial charge in [-0.25, -0.2) is 0 Å². The van der Waals surface area contributed by atoms with Gasteiger partial charge >= 0.3 is 0 Å². The summed E-state index contributed by atoms with van der Waals surface area (Å²) in [5.41, 5.74) is -0.543. The molecule has 3 nitrogen and oxygen atoms in total. The van der Waals surface area contributed by atoms with Gasteiger partial charge in [0.25, 0.3) is 0 Å². The van der Waals surface area contributed by atoms with Crippen molar-refractivity contribution in [2.75, 3.05) is 20.1 Å². The Kier molecular flexibility index (Phi) is 4.56. The second kappa shape index (κ2) is 5.28. The summed E-state index contributed by atoms with van der Waals surface area (Å²) in [7, 11) is 2.21. The molecule has 1 fully saturated rings. The Balaban J connectivity index is 2.03. The monoisotopic (exact) mass is 214 g/mol. The Morgan fingerprint density at radius 2 is 2.07 bits per heavy atom. The number of rotatable bonds is 7. The average molecular weight is 214 g/mol. The van der Waals surface area contributed by atoms with Crippen molar-refractivity contribution >= 4 is 0 Å². The van der Waals surface area contributed by atoms with Crippen molar-refractivity contribution in [1.82, 2.24) is 10.2 Å². The van der Waals surface area contributed by atoms with E-state index in [2.05, 4.69) is 24.2 Å². The smallest absolute Gasteiger partial charge is 0.0603 e. The highest BCUT2D eigenvalue weighted by atomic mass is 16.3. The highest BCUT2D eigenvalue weighted by Crippen LogP contribution is 2.26. The van der Waals surface area contributed by atoms with Gasteiger partial charge in [0.2, 0.25) is 0 Å². The lowest BCUT2D eigenvalue weighted by atomic mass is 10.1. The fourth-order valence-corrected chi connectivity index (χ4v) is 1.69. The lowest BCUT2D eigenvalue weighted by Gasteiger charge is -2.25. The van der Waals surface area contributed by atoms with Crippen LogP contribution >= 0.6 is 0 Å². The van der Waals surface area contributed by atoms with Crippen LogP contribution in [0.5, 0.6) is 0 Å². The van der Waals surface area contributed by atoms with E-state index in [1.807, 2.05) is 13.8 Å². The largest absolute Gasteiger partial charge is 0.390 e. The molecule has 0 spiro atoms. The molecule has 0 aromatic heterocycles. The summed E-state index contributed by atoms with van der Waals surface area (Å²) in [6.45, 7) is 7.88. The number of hydrogen-bond acceptors (Lipinski definition) is 3. The second-order valence-electron chi connectivity index (χ2n) is 5.51. The van der Waals surface area contributed by atoms with E-state index in [9.17, 15) is 5.11 Å². The van der Waals surface area contributed by atoms with Crippen LogP contribution in [0.25, 0.3) is 0 Å². The first kappa shape index (κ1) is 12.9. The van der Waals surface area contributed by atoms with Crippen LogP contribution in [-0.2, 0) is 0 Å². The number of likely N-dealkylation sites (N-methyl/N-ethyl adjacent to an activating group) is 1. The first-order valence-electron chi connectivity index (χ1n) is 6.05. The van der Waals surface area contributed by atoms with E-state index in [0.29, 0.717) is 6.04 Å². The molecule has 0 bridgehead atoms. The van der Waals surface area contributed by atoms with Gasteiger partial charge in [-0.15, -0.1) is 0 Å². The molecule has 1 aliphatic carbocycles. The van der Waals surface area contributed by atoms with Crippen molar-refractivity contribution in [3.8, 4) is 0 Å². The fraction of sp³-hybridized carbons (Fsp3) is 1.00. The molecule has 3 heteroatoms. The normalized spacial score (nSPS) is 19.6. The SMILES string of the molecule is CC(CNCCC(C)(C)O)N(C)C1CC1. The van der Waals surface area contributed by atoms with Crippen LogP contribution in [0.1, 0.15) is 40.0 Å². The van der Waals surface area contributed by atoms with Crippen LogP contribution in [0, 0.1) is 0 Å². The third-order valence-electron chi connectivity index (χ3n) is 3.17. The molecule has 1 saturated carbocycles. The van der Waals surface area contributed by atoms with Gasteiger partial charge in [0.05, 0.1) is 5.60 Å². The molecule has 0 heterocycles. The molecule has 0 radical (unpaired) electrons. The molecule has 2 N–H and O–H groups in total. The van der Waals surface area contributed by atoms with Crippen LogP contribution in [-0.4, -0.2) is 47.8 Å². The zero-order valence-electron chi connectivity index (χ0n) is 10.6. The average Bonchev–Trinajstić information content (AvgIpc) is 2.92. The van der Waals surface area contributed by atoms with E-state index in [1.54, 1.807) is 0 Å². The van der Waals surface area contributed by atoms with E-state index in [1.165, 1.54) is 12.8 Å². The number of nitrogens with zero attached hydrogens (tertiary/aromatic N) is 1. The Bertz CT molecular complexity index is 185. The molecule has 0 saturated heterocycles. The van der Waals surface area contributed by atoms with Crippen molar-refractivity contribution in [3.63, 3.8) is 0 Å². The van der Waals surface area contributed by atoms with Crippen LogP contribution in [0.2, 0.25) is 0 Å². The van der Waals surface area contributed by atoms with Crippen molar-refractivity contribution in [2.24, 2.45) is 0 Å². The number of nitrogens with one attached hydrogen (secondary N) is 1. The minimum atomic E-state index is -0.543. The van der Waals surface area contributed by atoms with Gasteiger partial charge in [-0.05, 0) is 53.6 Å². The van der Waals surface area contributed by atoms with Gasteiger partial charge in [0, 0.05) is 18.6 Å². The molecule has 0 aromatic carbocycles. The highest BCUT2D eigenvalue weighted by molar-refractivity contribution is 4.85. The summed E-state index contributed by atoms with van der Waals surface area (Å²) >= 11 is 0. The predicted octanol–water partition coefficient (Wildman–Crippen LogP) is 1.22. The van der Waals surface area contributed by atoms with Crippen molar-refractivity contribution in [1.29, 1.82) is 0 Å². The van der Waals surface area contributed by atoms with Crippen LogP contribution in [0.15, 0.2) is 0 Å². The molecule has 0 aliphatic heterocycles. The quantitative estimate of drug-likeness (QED) is 0.626. The minimum absolute atomic E-state index is 0.543. The van der Waals surface area contributed by atoms with Crippen molar-refractivity contribution < 1.29 is 5.11 Å². The zero-order chi connectivity index (χ0) is 11.5. The summed E-state index contributed by atoms with van der Waals surface area (Å²) in [5.74, 6) is 0. The lowest BCUT2D eigenvalue weighted by molar-refractivity contribution is 0.0706. The molecule has 1 atom stereocenters. The van der Waals surface area contributed by atoms with Crippen molar-refractivity contribution in [3.05, 3.63) is 0 Å². The van der Waals surface area contributed by atoms with E-state index >= 15 is 0 Å². The van der Waals surface area contributed by atoms with Gasteiger partial charge in [-0.2, -0.15) is 0 Å². The summed E-state index contributed by atoms with van der Waals surface area (Å²) in [6, 6.07) is 1.43. The van der Waals surface area contributed by atoms with E-state index in [-0.39, 0.29) is 0 Å². The zero-order valence-corrected chi connectivity index (χ0v) is 10.6. The molecular formula is C12H26N2O. The molecule has 1 aliphatic rings. The Hall–Kier alpha value is -0.120. The maximum atomic E-state index is 9.54. The Labute approximate surface area is 93.9 Å². The maximum Gasteiger partial charge on any atom is 0.0603 e. The highest BCUT2D eigenvalue weighted by Gasteiger charge is 2.28. The molecule has 0 aromatic rings. The molecule has 90 valence electrons. The maximum absolute atomic E-state index is 9.54. The minimum Gasteiger partial charge on any atom is -0.390 e. The molecule has 15 heavy (non-hydrogen) atoms. The summed E-state index contributed by atoms with van der Waals surface area (Å²) in [4.78, 5) is 2.46. The van der Waals surface area contributed by atoms with Gasteiger partial charge in [-0.1, -0.05) is 0 Å². The van der Waals surface area contributed by atoms with Crippen LogP contribution in [0.3, 0.4) is 0 Å². The molecule has 0 amide bonds. The Morgan fingerprint density at radius 1 is 1.47 bits per heavy atom. The van der Waals surface area contributed by atoms with Gasteiger partial charge in [-0.3, -0.25) is 4.90 Å². The summed E-state index contributed by atoms with van der Waals surface area (Å²) < 4.78 is 0. The van der Waals surface area contributed by atoms with Gasteiger partial charge < -0.3 is 10.4 Å². The van der Waals surface area contributed by atoms with E-state index in [0.717, 1.165) is 25.6 Å². The van der Waals surface area contributed by atoms with E-state index < -0.39 is 5.60 Å². The molecule has 1 unspecified atom stereocenters. The van der Waals surface area contributed by atoms with Gasteiger partial charge in [0.1, 0.15) is 0 Å². The lowest BCUT2D eigenvalue weighted by Crippen LogP contribution is -2.40. The standard InChI is InChI=1S/C12H26N2O/c1-10(14(4)11-5-6-11)9-13-8-7-12(2,3)15/h10-11,13,15H,5-9H2,1-4H3. The van der Waals surface area contributed by atoms with E-state index in [4.69, 9.17) is 0 Å². The van der Waals surface area contributed by atoms with Crippen molar-refractivity contribution in [2.45, 2.75) is 57.7 Å². The Morgan fingerprint density at radius 3 is 2.53 bits per heavy atom. The topological polar surface area (TPSA) is 35.5 Å².